The molecule has 98 valence electrons. The van der Waals surface area contributed by atoms with Gasteiger partial charge in [0, 0.05) is 11.4 Å². The monoisotopic (exact) mass is 333 g/mol. The average molecular weight is 335 g/mol. The van der Waals surface area contributed by atoms with Gasteiger partial charge in [0.05, 0.1) is 10.6 Å². The van der Waals surface area contributed by atoms with Gasteiger partial charge in [-0.05, 0) is 37.3 Å². The van der Waals surface area contributed by atoms with E-state index in [9.17, 15) is 9.18 Å². The van der Waals surface area contributed by atoms with E-state index in [2.05, 4.69) is 21.2 Å². The first-order chi connectivity index (χ1) is 8.58. The predicted octanol–water partition coefficient (Wildman–Crippen LogP) is 3.77. The van der Waals surface area contributed by atoms with Crippen LogP contribution >= 0.6 is 27.5 Å². The molecule has 2 atom stereocenters. The predicted molar refractivity (Wildman–Crippen MR) is 73.8 cm³/mol. The van der Waals surface area contributed by atoms with Crippen LogP contribution in [-0.4, -0.2) is 17.3 Å². The third-order valence-electron chi connectivity index (χ3n) is 3.22. The Kier molecular flexibility index (Phi) is 4.62. The number of carbonyl (C=O) groups is 1. The molecule has 18 heavy (non-hydrogen) atoms. The second-order valence-electron chi connectivity index (χ2n) is 4.59. The number of benzene rings is 1. The van der Waals surface area contributed by atoms with E-state index in [1.807, 2.05) is 0 Å². The summed E-state index contributed by atoms with van der Waals surface area (Å²) >= 11 is 9.20. The van der Waals surface area contributed by atoms with Gasteiger partial charge in [-0.3, -0.25) is 4.79 Å². The number of alkyl halides is 1. The number of hydrogen-bond donors (Lipinski definition) is 1. The van der Waals surface area contributed by atoms with E-state index in [0.29, 0.717) is 17.3 Å². The molecule has 2 rings (SSSR count). The minimum Gasteiger partial charge on any atom is -0.352 e. The van der Waals surface area contributed by atoms with E-state index in [0.717, 1.165) is 19.3 Å². The fraction of sp³-hybridized carbons (Fsp3) is 0.462. The molecule has 1 aliphatic carbocycles. The van der Waals surface area contributed by atoms with Crippen LogP contribution in [0.1, 0.15) is 29.6 Å². The highest BCUT2D eigenvalue weighted by atomic mass is 79.9. The quantitative estimate of drug-likeness (QED) is 0.838. The fourth-order valence-corrected chi connectivity index (χ4v) is 3.18. The van der Waals surface area contributed by atoms with Gasteiger partial charge in [-0.2, -0.15) is 0 Å². The number of halogens is 3. The Morgan fingerprint density at radius 1 is 1.50 bits per heavy atom. The Labute approximate surface area is 119 Å². The summed E-state index contributed by atoms with van der Waals surface area (Å²) in [5.41, 5.74) is 0.0101. The molecule has 1 amide bonds. The van der Waals surface area contributed by atoms with E-state index >= 15 is 0 Å². The molecule has 0 aromatic heterocycles. The lowest BCUT2D eigenvalue weighted by Crippen LogP contribution is -2.29. The molecule has 0 saturated heterocycles. The highest BCUT2D eigenvalue weighted by molar-refractivity contribution is 9.09. The lowest BCUT2D eigenvalue weighted by molar-refractivity contribution is 0.0943. The van der Waals surface area contributed by atoms with Gasteiger partial charge in [0.15, 0.2) is 5.82 Å². The van der Waals surface area contributed by atoms with Crippen molar-refractivity contribution in [1.82, 2.24) is 5.32 Å². The van der Waals surface area contributed by atoms with E-state index in [1.165, 1.54) is 12.1 Å². The Morgan fingerprint density at radius 3 is 2.94 bits per heavy atom. The first kappa shape index (κ1) is 13.8. The summed E-state index contributed by atoms with van der Waals surface area (Å²) in [5.74, 6) is -0.574. The van der Waals surface area contributed by atoms with Crippen LogP contribution in [0, 0.1) is 11.7 Å². The van der Waals surface area contributed by atoms with Crippen molar-refractivity contribution in [3.05, 3.63) is 34.6 Å². The van der Waals surface area contributed by atoms with Gasteiger partial charge >= 0.3 is 0 Å². The molecule has 1 aromatic carbocycles. The number of hydrogen-bond acceptors (Lipinski definition) is 1. The molecule has 1 aromatic rings. The minimum atomic E-state index is -0.651. The van der Waals surface area contributed by atoms with Gasteiger partial charge in [0.1, 0.15) is 0 Å². The SMILES string of the molecule is O=C(NCC1CCC(Br)C1)c1cccc(Cl)c1F. The van der Waals surface area contributed by atoms with Gasteiger partial charge in [-0.15, -0.1) is 0 Å². The molecule has 0 radical (unpaired) electrons. The third kappa shape index (κ3) is 3.23. The minimum absolute atomic E-state index is 0.0101. The summed E-state index contributed by atoms with van der Waals surface area (Å²) in [5, 5.41) is 2.75. The summed E-state index contributed by atoms with van der Waals surface area (Å²) in [6.45, 7) is 0.590. The maximum Gasteiger partial charge on any atom is 0.254 e. The molecular weight excluding hydrogens is 321 g/mol. The zero-order chi connectivity index (χ0) is 13.1. The zero-order valence-electron chi connectivity index (χ0n) is 9.76. The number of rotatable bonds is 3. The van der Waals surface area contributed by atoms with Crippen LogP contribution in [0.2, 0.25) is 5.02 Å². The lowest BCUT2D eigenvalue weighted by Gasteiger charge is -2.11. The van der Waals surface area contributed by atoms with Crippen LogP contribution in [0.15, 0.2) is 18.2 Å². The van der Waals surface area contributed by atoms with Crippen molar-refractivity contribution in [3.8, 4) is 0 Å². The number of nitrogens with one attached hydrogen (secondary N) is 1. The fourth-order valence-electron chi connectivity index (χ4n) is 2.21. The summed E-state index contributed by atoms with van der Waals surface area (Å²) in [7, 11) is 0. The Morgan fingerprint density at radius 2 is 2.28 bits per heavy atom. The molecule has 0 bridgehead atoms. The zero-order valence-corrected chi connectivity index (χ0v) is 12.1. The smallest absolute Gasteiger partial charge is 0.254 e. The molecule has 0 heterocycles. The van der Waals surface area contributed by atoms with E-state index in [1.54, 1.807) is 6.07 Å². The maximum absolute atomic E-state index is 13.6. The van der Waals surface area contributed by atoms with Gasteiger partial charge in [-0.1, -0.05) is 33.6 Å². The number of carbonyl (C=O) groups excluding carboxylic acids is 1. The number of amides is 1. The van der Waals surface area contributed by atoms with Gasteiger partial charge < -0.3 is 5.32 Å². The second kappa shape index (κ2) is 6.02. The maximum atomic E-state index is 13.6. The molecule has 0 spiro atoms. The summed E-state index contributed by atoms with van der Waals surface area (Å²) in [6.07, 6.45) is 3.28. The van der Waals surface area contributed by atoms with Crippen molar-refractivity contribution in [3.63, 3.8) is 0 Å². The van der Waals surface area contributed by atoms with Crippen molar-refractivity contribution in [2.45, 2.75) is 24.1 Å². The molecule has 1 saturated carbocycles. The molecule has 1 fully saturated rings. The van der Waals surface area contributed by atoms with Crippen LogP contribution in [-0.2, 0) is 0 Å². The normalized spacial score (nSPS) is 23.1. The Bertz CT molecular complexity index is 455. The first-order valence-corrected chi connectivity index (χ1v) is 7.23. The molecule has 1 N–H and O–H groups in total. The topological polar surface area (TPSA) is 29.1 Å². The highest BCUT2D eigenvalue weighted by Gasteiger charge is 2.23. The van der Waals surface area contributed by atoms with Crippen molar-refractivity contribution in [2.24, 2.45) is 5.92 Å². The Balaban J connectivity index is 1.94. The third-order valence-corrected chi connectivity index (χ3v) is 4.35. The van der Waals surface area contributed by atoms with Crippen LogP contribution in [0.5, 0.6) is 0 Å². The summed E-state index contributed by atoms with van der Waals surface area (Å²) < 4.78 is 13.6. The van der Waals surface area contributed by atoms with Crippen LogP contribution in [0.25, 0.3) is 0 Å². The molecule has 5 heteroatoms. The summed E-state index contributed by atoms with van der Waals surface area (Å²) in [6, 6.07) is 4.45. The van der Waals surface area contributed by atoms with Crippen molar-refractivity contribution >= 4 is 33.4 Å². The van der Waals surface area contributed by atoms with Crippen LogP contribution in [0.4, 0.5) is 4.39 Å². The largest absolute Gasteiger partial charge is 0.352 e. The highest BCUT2D eigenvalue weighted by Crippen LogP contribution is 2.30. The van der Waals surface area contributed by atoms with E-state index < -0.39 is 11.7 Å². The lowest BCUT2D eigenvalue weighted by atomic mass is 10.1. The van der Waals surface area contributed by atoms with Gasteiger partial charge in [0.2, 0.25) is 0 Å². The van der Waals surface area contributed by atoms with E-state index in [4.69, 9.17) is 11.6 Å². The van der Waals surface area contributed by atoms with Crippen molar-refractivity contribution in [2.75, 3.05) is 6.54 Å². The molecule has 1 aliphatic rings. The van der Waals surface area contributed by atoms with Crippen LogP contribution in [0.3, 0.4) is 0 Å². The first-order valence-electron chi connectivity index (χ1n) is 5.94. The standard InChI is InChI=1S/C13H14BrClFNO/c14-9-5-4-8(6-9)7-17-13(18)10-2-1-3-11(15)12(10)16/h1-3,8-9H,4-7H2,(H,17,18). The van der Waals surface area contributed by atoms with Gasteiger partial charge in [-0.25, -0.2) is 4.39 Å². The molecule has 2 unspecified atom stereocenters. The summed E-state index contributed by atoms with van der Waals surface area (Å²) in [4.78, 5) is 12.4. The van der Waals surface area contributed by atoms with E-state index in [-0.39, 0.29) is 10.6 Å². The Hall–Kier alpha value is -0.610. The molecule has 2 nitrogen and oxygen atoms in total. The second-order valence-corrected chi connectivity index (χ2v) is 6.29. The van der Waals surface area contributed by atoms with Crippen molar-refractivity contribution < 1.29 is 9.18 Å². The van der Waals surface area contributed by atoms with Crippen LogP contribution < -0.4 is 5.32 Å². The van der Waals surface area contributed by atoms with Gasteiger partial charge in [0.25, 0.3) is 5.91 Å². The average Bonchev–Trinajstić information content (AvgIpc) is 2.76. The molecular formula is C13H14BrClFNO. The van der Waals surface area contributed by atoms with Crippen molar-refractivity contribution in [1.29, 1.82) is 0 Å². The molecule has 0 aliphatic heterocycles.